The highest BCUT2D eigenvalue weighted by atomic mass is 32.2. The first-order valence-corrected chi connectivity index (χ1v) is 12.6. The van der Waals surface area contributed by atoms with Crippen molar-refractivity contribution in [3.63, 3.8) is 0 Å². The maximum Gasteiger partial charge on any atom is 0.267 e. The summed E-state index contributed by atoms with van der Waals surface area (Å²) < 4.78 is 7.28. The van der Waals surface area contributed by atoms with Crippen LogP contribution in [0.25, 0.3) is 15.9 Å². The quantitative estimate of drug-likeness (QED) is 0.414. The molecule has 8 heteroatoms. The predicted octanol–water partition coefficient (Wildman–Crippen LogP) is 4.05. The number of likely N-dealkylation sites (tertiary alicyclic amines) is 1. The number of fused-ring (bicyclic) bond motifs is 3. The Morgan fingerprint density at radius 3 is 2.77 bits per heavy atom. The monoisotopic (exact) mass is 455 g/mol. The number of thiophene rings is 1. The molecule has 0 atom stereocenters. The van der Waals surface area contributed by atoms with Gasteiger partial charge in [-0.15, -0.1) is 11.3 Å². The summed E-state index contributed by atoms with van der Waals surface area (Å²) in [5.74, 6) is 1.56. The minimum absolute atomic E-state index is 0.0198. The highest BCUT2D eigenvalue weighted by Gasteiger charge is 2.24. The molecule has 1 aromatic carbocycles. The molecular weight excluding hydrogens is 430 g/mol. The molecule has 0 spiro atoms. The van der Waals surface area contributed by atoms with Crippen LogP contribution in [0.4, 0.5) is 0 Å². The van der Waals surface area contributed by atoms with Gasteiger partial charge in [0.1, 0.15) is 10.6 Å². The second-order valence-corrected chi connectivity index (χ2v) is 10.1. The molecular formula is C23H25N3O3S2. The second kappa shape index (κ2) is 8.67. The molecule has 3 heterocycles. The van der Waals surface area contributed by atoms with E-state index in [-0.39, 0.29) is 11.5 Å². The first-order valence-electron chi connectivity index (χ1n) is 10.8. The van der Waals surface area contributed by atoms with Crippen LogP contribution in [0.1, 0.15) is 36.1 Å². The number of thioether (sulfide) groups is 1. The van der Waals surface area contributed by atoms with Crippen LogP contribution in [-0.4, -0.2) is 46.3 Å². The van der Waals surface area contributed by atoms with Crippen LogP contribution in [0.5, 0.6) is 5.75 Å². The van der Waals surface area contributed by atoms with Crippen molar-refractivity contribution in [2.75, 3.05) is 26.0 Å². The third-order valence-electron chi connectivity index (χ3n) is 6.05. The number of aromatic nitrogens is 2. The van der Waals surface area contributed by atoms with Gasteiger partial charge in [-0.1, -0.05) is 23.9 Å². The van der Waals surface area contributed by atoms with Crippen LogP contribution < -0.4 is 10.3 Å². The molecule has 0 radical (unpaired) electrons. The van der Waals surface area contributed by atoms with Gasteiger partial charge in [-0.3, -0.25) is 14.2 Å². The molecule has 1 saturated heterocycles. The number of para-hydroxylation sites is 2. The number of hydrogen-bond acceptors (Lipinski definition) is 6. The van der Waals surface area contributed by atoms with Gasteiger partial charge >= 0.3 is 0 Å². The lowest BCUT2D eigenvalue weighted by Crippen LogP contribution is -2.27. The van der Waals surface area contributed by atoms with Crippen molar-refractivity contribution >= 4 is 39.2 Å². The van der Waals surface area contributed by atoms with E-state index in [4.69, 9.17) is 9.72 Å². The fraction of sp³-hybridized carbons (Fsp3) is 0.435. The van der Waals surface area contributed by atoms with E-state index >= 15 is 0 Å². The Labute approximate surface area is 189 Å². The summed E-state index contributed by atoms with van der Waals surface area (Å²) >= 11 is 3.20. The molecule has 1 fully saturated rings. The van der Waals surface area contributed by atoms with Gasteiger partial charge in [-0.25, -0.2) is 4.98 Å². The van der Waals surface area contributed by atoms with E-state index < -0.39 is 0 Å². The molecule has 31 heavy (non-hydrogen) atoms. The third-order valence-corrected chi connectivity index (χ3v) is 8.15. The molecule has 1 aliphatic carbocycles. The van der Waals surface area contributed by atoms with Gasteiger partial charge in [0.15, 0.2) is 5.16 Å². The van der Waals surface area contributed by atoms with Crippen LogP contribution in [0.15, 0.2) is 34.2 Å². The number of ether oxygens (including phenoxy) is 1. The van der Waals surface area contributed by atoms with E-state index in [1.807, 2.05) is 29.2 Å². The maximum absolute atomic E-state index is 13.8. The molecule has 0 unspecified atom stereocenters. The standard InChI is InChI=1S/C23H25N3O3S2/c1-29-17-9-4-3-8-16(17)26-22(28)20-15-7-2-5-10-18(15)31-21(20)24-23(26)30-14-13-25-12-6-11-19(25)27/h3-4,8-9H,2,5-7,10-14H2,1H3. The van der Waals surface area contributed by atoms with Crippen molar-refractivity contribution in [3.8, 4) is 11.4 Å². The fourth-order valence-electron chi connectivity index (χ4n) is 4.50. The van der Waals surface area contributed by atoms with E-state index in [2.05, 4.69) is 0 Å². The van der Waals surface area contributed by atoms with Crippen LogP contribution in [-0.2, 0) is 17.6 Å². The van der Waals surface area contributed by atoms with Crippen LogP contribution in [0.2, 0.25) is 0 Å². The molecule has 1 aliphatic heterocycles. The summed E-state index contributed by atoms with van der Waals surface area (Å²) in [4.78, 5) is 34.8. The average molecular weight is 456 g/mol. The Bertz CT molecular complexity index is 1200. The average Bonchev–Trinajstić information content (AvgIpc) is 3.37. The van der Waals surface area contributed by atoms with Crippen LogP contribution >= 0.6 is 23.1 Å². The normalized spacial score (nSPS) is 16.2. The number of rotatable bonds is 6. The lowest BCUT2D eigenvalue weighted by atomic mass is 9.97. The smallest absolute Gasteiger partial charge is 0.267 e. The first kappa shape index (κ1) is 20.6. The molecule has 6 nitrogen and oxygen atoms in total. The Hall–Kier alpha value is -2.32. The van der Waals surface area contributed by atoms with Crippen molar-refractivity contribution in [3.05, 3.63) is 45.1 Å². The summed E-state index contributed by atoms with van der Waals surface area (Å²) in [5, 5.41) is 1.43. The van der Waals surface area contributed by atoms with Gasteiger partial charge in [0.2, 0.25) is 5.91 Å². The van der Waals surface area contributed by atoms with Gasteiger partial charge in [-0.05, 0) is 49.8 Å². The van der Waals surface area contributed by atoms with Crippen molar-refractivity contribution in [1.29, 1.82) is 0 Å². The van der Waals surface area contributed by atoms with Crippen molar-refractivity contribution < 1.29 is 9.53 Å². The second-order valence-electron chi connectivity index (χ2n) is 7.93. The number of carbonyl (C=O) groups is 1. The fourth-order valence-corrected chi connectivity index (χ4v) is 6.77. The highest BCUT2D eigenvalue weighted by molar-refractivity contribution is 7.99. The minimum Gasteiger partial charge on any atom is -0.495 e. The lowest BCUT2D eigenvalue weighted by Gasteiger charge is -2.17. The maximum atomic E-state index is 13.8. The molecule has 2 aliphatic rings. The molecule has 0 N–H and O–H groups in total. The largest absolute Gasteiger partial charge is 0.495 e. The number of amides is 1. The topological polar surface area (TPSA) is 64.4 Å². The van der Waals surface area contributed by atoms with Gasteiger partial charge in [-0.2, -0.15) is 0 Å². The summed E-state index contributed by atoms with van der Waals surface area (Å²) in [7, 11) is 1.62. The molecule has 162 valence electrons. The summed E-state index contributed by atoms with van der Waals surface area (Å²) in [5.41, 5.74) is 1.88. The zero-order valence-corrected chi connectivity index (χ0v) is 19.2. The Morgan fingerprint density at radius 1 is 1.13 bits per heavy atom. The number of nitrogens with zero attached hydrogens (tertiary/aromatic N) is 3. The zero-order valence-electron chi connectivity index (χ0n) is 17.6. The predicted molar refractivity (Wildman–Crippen MR) is 125 cm³/mol. The molecule has 5 rings (SSSR count). The van der Waals surface area contributed by atoms with E-state index in [0.29, 0.717) is 35.3 Å². The first-order chi connectivity index (χ1) is 15.2. The number of aryl methyl sites for hydroxylation is 2. The van der Waals surface area contributed by atoms with E-state index in [1.165, 1.54) is 28.6 Å². The van der Waals surface area contributed by atoms with Crippen LogP contribution in [0, 0.1) is 0 Å². The molecule has 0 saturated carbocycles. The highest BCUT2D eigenvalue weighted by Crippen LogP contribution is 2.36. The number of hydrogen-bond donors (Lipinski definition) is 0. The Kier molecular flexibility index (Phi) is 5.75. The van der Waals surface area contributed by atoms with E-state index in [9.17, 15) is 9.59 Å². The minimum atomic E-state index is -0.0198. The SMILES string of the molecule is COc1ccccc1-n1c(SCCN2CCCC2=O)nc2sc3c(c2c1=O)CCCC3. The Morgan fingerprint density at radius 2 is 1.97 bits per heavy atom. The number of methoxy groups -OCH3 is 1. The van der Waals surface area contributed by atoms with Crippen molar-refractivity contribution in [2.24, 2.45) is 0 Å². The zero-order chi connectivity index (χ0) is 21.4. The van der Waals surface area contributed by atoms with Crippen LogP contribution in [0.3, 0.4) is 0 Å². The molecule has 1 amide bonds. The van der Waals surface area contributed by atoms with Gasteiger partial charge < -0.3 is 9.64 Å². The van der Waals surface area contributed by atoms with E-state index in [0.717, 1.165) is 42.4 Å². The van der Waals surface area contributed by atoms with Gasteiger partial charge in [0.05, 0.1) is 18.2 Å². The number of benzene rings is 1. The number of carbonyl (C=O) groups excluding carboxylic acids is 1. The Balaban J connectivity index is 1.60. The van der Waals surface area contributed by atoms with Crippen molar-refractivity contribution in [2.45, 2.75) is 43.7 Å². The van der Waals surface area contributed by atoms with E-state index in [1.54, 1.807) is 23.0 Å². The molecule has 3 aromatic rings. The summed E-state index contributed by atoms with van der Waals surface area (Å²) in [6, 6.07) is 7.58. The lowest BCUT2D eigenvalue weighted by molar-refractivity contribution is -0.127. The molecule has 2 aromatic heterocycles. The van der Waals surface area contributed by atoms with Gasteiger partial charge in [0.25, 0.3) is 5.56 Å². The summed E-state index contributed by atoms with van der Waals surface area (Å²) in [6.07, 6.45) is 5.84. The van der Waals surface area contributed by atoms with Crippen molar-refractivity contribution in [1.82, 2.24) is 14.5 Å². The third kappa shape index (κ3) is 3.76. The molecule has 0 bridgehead atoms. The summed E-state index contributed by atoms with van der Waals surface area (Å²) in [6.45, 7) is 1.49. The van der Waals surface area contributed by atoms with Gasteiger partial charge in [0, 0.05) is 30.1 Å².